The van der Waals surface area contributed by atoms with E-state index in [4.69, 9.17) is 0 Å². The lowest BCUT2D eigenvalue weighted by atomic mass is 10.0. The Bertz CT molecular complexity index is 861. The number of amides is 2. The minimum absolute atomic E-state index is 0.0541. The second-order valence-corrected chi connectivity index (χ2v) is 10.1. The second-order valence-electron chi connectivity index (χ2n) is 8.41. The second kappa shape index (κ2) is 9.26. The maximum absolute atomic E-state index is 13.1. The molecule has 0 radical (unpaired) electrons. The number of carbonyl (C=O) groups is 2. The van der Waals surface area contributed by atoms with Crippen molar-refractivity contribution in [3.05, 3.63) is 23.8 Å². The maximum Gasteiger partial charge on any atom is 0.241 e. The predicted molar refractivity (Wildman–Crippen MR) is 112 cm³/mol. The third kappa shape index (κ3) is 5.57. The highest BCUT2D eigenvalue weighted by Gasteiger charge is 2.31. The lowest BCUT2D eigenvalue weighted by Crippen LogP contribution is -2.50. The van der Waals surface area contributed by atoms with Gasteiger partial charge in [-0.25, -0.2) is 8.42 Å². The maximum atomic E-state index is 13.1. The highest BCUT2D eigenvalue weighted by Crippen LogP contribution is 2.25. The molecule has 2 aliphatic rings. The number of hydrogen-bond donors (Lipinski definition) is 2. The average molecular weight is 422 g/mol. The molecule has 1 unspecified atom stereocenters. The molecule has 0 aromatic heterocycles. The highest BCUT2D eigenvalue weighted by molar-refractivity contribution is 7.89. The van der Waals surface area contributed by atoms with Crippen LogP contribution in [0.1, 0.15) is 57.9 Å². The minimum atomic E-state index is -3.86. The van der Waals surface area contributed by atoms with Crippen molar-refractivity contribution in [2.24, 2.45) is 5.92 Å². The van der Waals surface area contributed by atoms with Crippen molar-refractivity contribution < 1.29 is 18.0 Å². The molecule has 2 amide bonds. The first-order chi connectivity index (χ1) is 13.8. The molecular formula is C21H31N3O4S. The van der Waals surface area contributed by atoms with Gasteiger partial charge in [0.2, 0.25) is 21.8 Å². The number of nitrogens with one attached hydrogen (secondary N) is 2. The lowest BCUT2D eigenvalue weighted by Gasteiger charge is -2.31. The van der Waals surface area contributed by atoms with Crippen LogP contribution in [0.5, 0.6) is 0 Å². The van der Waals surface area contributed by atoms with Crippen molar-refractivity contribution in [2.75, 3.05) is 18.4 Å². The van der Waals surface area contributed by atoms with Crippen LogP contribution in [-0.4, -0.2) is 44.3 Å². The van der Waals surface area contributed by atoms with Crippen LogP contribution in [0.15, 0.2) is 23.1 Å². The quantitative estimate of drug-likeness (QED) is 0.738. The fraction of sp³-hybridized carbons (Fsp3) is 0.619. The Labute approximate surface area is 173 Å². The largest absolute Gasteiger partial charge is 0.341 e. The third-order valence-corrected chi connectivity index (χ3v) is 6.95. The summed E-state index contributed by atoms with van der Waals surface area (Å²) in [7, 11) is -3.86. The van der Waals surface area contributed by atoms with Gasteiger partial charge in [-0.15, -0.1) is 0 Å². The van der Waals surface area contributed by atoms with E-state index in [0.717, 1.165) is 24.8 Å². The molecule has 0 bridgehead atoms. The van der Waals surface area contributed by atoms with E-state index in [2.05, 4.69) is 10.0 Å². The van der Waals surface area contributed by atoms with Gasteiger partial charge in [0, 0.05) is 25.2 Å². The summed E-state index contributed by atoms with van der Waals surface area (Å²) in [6.45, 7) is 5.34. The molecule has 7 nitrogen and oxygen atoms in total. The number of fused-ring (bicyclic) bond motifs is 1. The van der Waals surface area contributed by atoms with E-state index >= 15 is 0 Å². The Morgan fingerprint density at radius 1 is 1.14 bits per heavy atom. The smallest absolute Gasteiger partial charge is 0.241 e. The van der Waals surface area contributed by atoms with Crippen LogP contribution >= 0.6 is 0 Å². The zero-order chi connectivity index (χ0) is 21.0. The molecule has 0 saturated carbocycles. The predicted octanol–water partition coefficient (Wildman–Crippen LogP) is 2.67. The summed E-state index contributed by atoms with van der Waals surface area (Å²) in [5.41, 5.74) is 1.47. The van der Waals surface area contributed by atoms with Gasteiger partial charge >= 0.3 is 0 Å². The summed E-state index contributed by atoms with van der Waals surface area (Å²) in [6, 6.07) is 3.97. The Morgan fingerprint density at radius 3 is 2.55 bits per heavy atom. The van der Waals surface area contributed by atoms with Gasteiger partial charge in [-0.1, -0.05) is 13.8 Å². The Morgan fingerprint density at radius 2 is 1.86 bits per heavy atom. The molecule has 3 rings (SSSR count). The van der Waals surface area contributed by atoms with Crippen molar-refractivity contribution in [3.63, 3.8) is 0 Å². The topological polar surface area (TPSA) is 95.6 Å². The van der Waals surface area contributed by atoms with E-state index in [1.165, 1.54) is 6.07 Å². The van der Waals surface area contributed by atoms with E-state index in [9.17, 15) is 18.0 Å². The van der Waals surface area contributed by atoms with Gasteiger partial charge in [0.05, 0.1) is 4.90 Å². The molecular weight excluding hydrogens is 390 g/mol. The fourth-order valence-corrected chi connectivity index (χ4v) is 5.23. The third-order valence-electron chi connectivity index (χ3n) is 5.48. The van der Waals surface area contributed by atoms with E-state index in [0.29, 0.717) is 44.5 Å². The number of piperidine rings is 1. The first-order valence-electron chi connectivity index (χ1n) is 10.5. The van der Waals surface area contributed by atoms with Crippen molar-refractivity contribution in [3.8, 4) is 0 Å². The van der Waals surface area contributed by atoms with E-state index in [-0.39, 0.29) is 22.6 Å². The molecule has 2 heterocycles. The first kappa shape index (κ1) is 21.8. The molecule has 0 aliphatic carbocycles. The molecule has 2 N–H and O–H groups in total. The molecule has 1 saturated heterocycles. The summed E-state index contributed by atoms with van der Waals surface area (Å²) >= 11 is 0. The Balaban J connectivity index is 1.81. The van der Waals surface area contributed by atoms with Gasteiger partial charge in [0.1, 0.15) is 6.04 Å². The van der Waals surface area contributed by atoms with Crippen molar-refractivity contribution in [1.82, 2.24) is 9.62 Å². The number of nitrogens with zero attached hydrogens (tertiary/aromatic N) is 1. The fourth-order valence-electron chi connectivity index (χ4n) is 3.98. The first-order valence-corrected chi connectivity index (χ1v) is 12.0. The van der Waals surface area contributed by atoms with Crippen LogP contribution in [0.2, 0.25) is 0 Å². The van der Waals surface area contributed by atoms with Crippen LogP contribution in [0.4, 0.5) is 5.69 Å². The SMILES string of the molecule is CC(C)CC(NS(=O)(=O)c1ccc2c(c1)CCCC(=O)N2)C(=O)N1CCCCC1. The molecule has 1 aromatic rings. The zero-order valence-electron chi connectivity index (χ0n) is 17.2. The normalized spacial score (nSPS) is 18.7. The molecule has 8 heteroatoms. The number of sulfonamides is 1. The minimum Gasteiger partial charge on any atom is -0.341 e. The van der Waals surface area contributed by atoms with Crippen molar-refractivity contribution >= 4 is 27.5 Å². The monoisotopic (exact) mass is 421 g/mol. The van der Waals surface area contributed by atoms with Gasteiger partial charge in [-0.2, -0.15) is 4.72 Å². The van der Waals surface area contributed by atoms with Gasteiger partial charge in [0.15, 0.2) is 0 Å². The standard InChI is InChI=1S/C21H31N3O4S/c1-15(2)13-19(21(26)24-11-4-3-5-12-24)23-29(27,28)17-9-10-18-16(14-17)7-6-8-20(25)22-18/h9-10,14-15,19,23H,3-8,11-13H2,1-2H3,(H,22,25). The molecule has 160 valence electrons. The van der Waals surface area contributed by atoms with E-state index in [1.807, 2.05) is 13.8 Å². The molecule has 0 spiro atoms. The summed E-state index contributed by atoms with van der Waals surface area (Å²) in [5, 5.41) is 2.81. The van der Waals surface area contributed by atoms with Crippen LogP contribution in [0.3, 0.4) is 0 Å². The summed E-state index contributed by atoms with van der Waals surface area (Å²) in [5.74, 6) is -0.00990. The van der Waals surface area contributed by atoms with E-state index < -0.39 is 16.1 Å². The summed E-state index contributed by atoms with van der Waals surface area (Å²) in [4.78, 5) is 26.6. The van der Waals surface area contributed by atoms with Crippen LogP contribution in [0.25, 0.3) is 0 Å². The highest BCUT2D eigenvalue weighted by atomic mass is 32.2. The molecule has 29 heavy (non-hydrogen) atoms. The number of aryl methyl sites for hydroxylation is 1. The van der Waals surface area contributed by atoms with E-state index in [1.54, 1.807) is 17.0 Å². The van der Waals surface area contributed by atoms with Crippen molar-refractivity contribution in [2.45, 2.75) is 69.7 Å². The van der Waals surface area contributed by atoms with Gasteiger partial charge in [-0.3, -0.25) is 9.59 Å². The number of rotatable bonds is 6. The summed E-state index contributed by atoms with van der Waals surface area (Å²) in [6.07, 6.45) is 5.23. The van der Waals surface area contributed by atoms with Gasteiger partial charge in [-0.05, 0) is 68.2 Å². The number of anilines is 1. The lowest BCUT2D eigenvalue weighted by molar-refractivity contribution is -0.134. The van der Waals surface area contributed by atoms with Gasteiger partial charge < -0.3 is 10.2 Å². The zero-order valence-corrected chi connectivity index (χ0v) is 18.1. The molecule has 2 aliphatic heterocycles. The number of hydrogen-bond acceptors (Lipinski definition) is 4. The number of carbonyl (C=O) groups excluding carboxylic acids is 2. The molecule has 1 aromatic carbocycles. The Kier molecular flexibility index (Phi) is 6.95. The molecule has 1 fully saturated rings. The summed E-state index contributed by atoms with van der Waals surface area (Å²) < 4.78 is 28.8. The molecule has 1 atom stereocenters. The van der Waals surface area contributed by atoms with Crippen molar-refractivity contribution in [1.29, 1.82) is 0 Å². The van der Waals surface area contributed by atoms with Crippen LogP contribution in [-0.2, 0) is 26.0 Å². The van der Waals surface area contributed by atoms with Gasteiger partial charge in [0.25, 0.3) is 0 Å². The number of likely N-dealkylation sites (tertiary alicyclic amines) is 1. The Hall–Kier alpha value is -1.93. The van der Waals surface area contributed by atoms with Crippen LogP contribution < -0.4 is 10.0 Å². The van der Waals surface area contributed by atoms with Crippen LogP contribution in [0, 0.1) is 5.92 Å². The number of benzene rings is 1. The average Bonchev–Trinajstić information content (AvgIpc) is 2.87.